The number of aromatic nitrogens is 1. The third kappa shape index (κ3) is 3.02. The molecule has 3 rings (SSSR count). The molecule has 1 heterocycles. The molecule has 120 valence electrons. The van der Waals surface area contributed by atoms with Gasteiger partial charge in [0.1, 0.15) is 5.54 Å². The molecule has 0 atom stereocenters. The quantitative estimate of drug-likeness (QED) is 0.899. The first-order valence-electron chi connectivity index (χ1n) is 8.07. The van der Waals surface area contributed by atoms with Crippen molar-refractivity contribution in [3.05, 3.63) is 10.6 Å². The minimum Gasteiger partial charge on any atom is -0.342 e. The van der Waals surface area contributed by atoms with Crippen molar-refractivity contribution < 1.29 is 9.59 Å². The number of nitrogens with zero attached hydrogens (tertiary/aromatic N) is 1. The van der Waals surface area contributed by atoms with Gasteiger partial charge < -0.3 is 5.32 Å². The second-order valence-electron chi connectivity index (χ2n) is 6.64. The molecule has 2 amide bonds. The van der Waals surface area contributed by atoms with Gasteiger partial charge in [0.05, 0.1) is 5.69 Å². The lowest BCUT2D eigenvalue weighted by molar-refractivity contribution is -0.131. The summed E-state index contributed by atoms with van der Waals surface area (Å²) in [4.78, 5) is 30.2. The van der Waals surface area contributed by atoms with Crippen LogP contribution in [0.3, 0.4) is 0 Å². The molecule has 0 unspecified atom stereocenters. The summed E-state index contributed by atoms with van der Waals surface area (Å²) < 4.78 is 0. The standard InChI is InChI=1S/C16H23N3O2S/c1-10-6-8-16(9-7-10,19-11(2)20)14(21)18-15-17-12-4-3-5-13(12)22-15/h10H,3-9H2,1-2H3,(H,19,20)(H,17,18,21). The molecule has 0 saturated heterocycles. The van der Waals surface area contributed by atoms with Crippen molar-refractivity contribution in [3.8, 4) is 0 Å². The zero-order chi connectivity index (χ0) is 15.7. The average molecular weight is 321 g/mol. The van der Waals surface area contributed by atoms with Gasteiger partial charge in [-0.25, -0.2) is 4.98 Å². The molecule has 0 aromatic carbocycles. The van der Waals surface area contributed by atoms with Crippen molar-refractivity contribution in [2.24, 2.45) is 5.92 Å². The van der Waals surface area contributed by atoms with Crippen molar-refractivity contribution in [1.29, 1.82) is 0 Å². The summed E-state index contributed by atoms with van der Waals surface area (Å²) in [7, 11) is 0. The van der Waals surface area contributed by atoms with Crippen LogP contribution in [0.4, 0.5) is 5.13 Å². The minimum absolute atomic E-state index is 0.109. The van der Waals surface area contributed by atoms with E-state index in [0.29, 0.717) is 23.9 Å². The van der Waals surface area contributed by atoms with E-state index in [0.717, 1.165) is 37.8 Å². The van der Waals surface area contributed by atoms with Crippen LogP contribution in [0.25, 0.3) is 0 Å². The van der Waals surface area contributed by atoms with Crippen LogP contribution < -0.4 is 10.6 Å². The molecule has 22 heavy (non-hydrogen) atoms. The Morgan fingerprint density at radius 1 is 1.27 bits per heavy atom. The van der Waals surface area contributed by atoms with Crippen molar-refractivity contribution in [2.45, 2.75) is 64.3 Å². The van der Waals surface area contributed by atoms with E-state index in [9.17, 15) is 9.59 Å². The van der Waals surface area contributed by atoms with Crippen LogP contribution in [-0.4, -0.2) is 22.3 Å². The molecular weight excluding hydrogens is 298 g/mol. The maximum absolute atomic E-state index is 12.8. The number of aryl methyl sites for hydroxylation is 2. The molecule has 1 saturated carbocycles. The fourth-order valence-corrected chi connectivity index (χ4v) is 4.51. The maximum atomic E-state index is 12.8. The summed E-state index contributed by atoms with van der Waals surface area (Å²) in [5.74, 6) is 0.353. The Morgan fingerprint density at radius 2 is 2.00 bits per heavy atom. The molecule has 1 aromatic heterocycles. The third-order valence-electron chi connectivity index (χ3n) is 4.79. The van der Waals surface area contributed by atoms with E-state index in [2.05, 4.69) is 22.5 Å². The third-order valence-corrected chi connectivity index (χ3v) is 5.87. The number of hydrogen-bond donors (Lipinski definition) is 2. The van der Waals surface area contributed by atoms with E-state index < -0.39 is 5.54 Å². The highest BCUT2D eigenvalue weighted by atomic mass is 32.1. The molecule has 6 heteroatoms. The van der Waals surface area contributed by atoms with Gasteiger partial charge in [0.2, 0.25) is 5.91 Å². The van der Waals surface area contributed by atoms with Gasteiger partial charge in [-0.3, -0.25) is 14.9 Å². The maximum Gasteiger partial charge on any atom is 0.251 e. The van der Waals surface area contributed by atoms with E-state index in [4.69, 9.17) is 0 Å². The fraction of sp³-hybridized carbons (Fsp3) is 0.688. The van der Waals surface area contributed by atoms with Gasteiger partial charge >= 0.3 is 0 Å². The summed E-state index contributed by atoms with van der Waals surface area (Å²) in [6.07, 6.45) is 6.56. The van der Waals surface area contributed by atoms with E-state index in [1.807, 2.05) is 0 Å². The number of amides is 2. The number of carbonyl (C=O) groups excluding carboxylic acids is 2. The highest BCUT2D eigenvalue weighted by Gasteiger charge is 2.42. The average Bonchev–Trinajstić information content (AvgIpc) is 3.02. The fourth-order valence-electron chi connectivity index (χ4n) is 3.46. The predicted octanol–water partition coefficient (Wildman–Crippen LogP) is 2.66. The van der Waals surface area contributed by atoms with E-state index >= 15 is 0 Å². The zero-order valence-electron chi connectivity index (χ0n) is 13.2. The number of hydrogen-bond acceptors (Lipinski definition) is 4. The summed E-state index contributed by atoms with van der Waals surface area (Å²) in [6.45, 7) is 3.67. The number of rotatable bonds is 3. The van der Waals surface area contributed by atoms with Gasteiger partial charge in [0.25, 0.3) is 5.91 Å². The predicted molar refractivity (Wildman–Crippen MR) is 86.9 cm³/mol. The van der Waals surface area contributed by atoms with Crippen LogP contribution in [0.2, 0.25) is 0 Å². The lowest BCUT2D eigenvalue weighted by Crippen LogP contribution is -2.57. The molecule has 0 radical (unpaired) electrons. The zero-order valence-corrected chi connectivity index (χ0v) is 14.0. The molecule has 5 nitrogen and oxygen atoms in total. The molecule has 1 aromatic rings. The molecule has 1 fully saturated rings. The monoisotopic (exact) mass is 321 g/mol. The first-order chi connectivity index (χ1) is 10.5. The first kappa shape index (κ1) is 15.5. The van der Waals surface area contributed by atoms with Crippen molar-refractivity contribution in [3.63, 3.8) is 0 Å². The Labute approximate surface area is 134 Å². The highest BCUT2D eigenvalue weighted by molar-refractivity contribution is 7.15. The lowest BCUT2D eigenvalue weighted by Gasteiger charge is -2.38. The van der Waals surface area contributed by atoms with Gasteiger partial charge in [-0.15, -0.1) is 11.3 Å². The van der Waals surface area contributed by atoms with Crippen LogP contribution in [-0.2, 0) is 22.4 Å². The Balaban J connectivity index is 1.75. The van der Waals surface area contributed by atoms with Crippen molar-refractivity contribution >= 4 is 28.3 Å². The van der Waals surface area contributed by atoms with E-state index in [1.54, 1.807) is 11.3 Å². The first-order valence-corrected chi connectivity index (χ1v) is 8.89. The molecule has 2 aliphatic rings. The number of thiazole rings is 1. The number of anilines is 1. The summed E-state index contributed by atoms with van der Waals surface area (Å²) in [5, 5.41) is 6.55. The summed E-state index contributed by atoms with van der Waals surface area (Å²) in [6, 6.07) is 0. The topological polar surface area (TPSA) is 71.1 Å². The van der Waals surface area contributed by atoms with Crippen LogP contribution in [0, 0.1) is 5.92 Å². The van der Waals surface area contributed by atoms with E-state index in [-0.39, 0.29) is 11.8 Å². The number of carbonyl (C=O) groups is 2. The highest BCUT2D eigenvalue weighted by Crippen LogP contribution is 2.35. The van der Waals surface area contributed by atoms with Crippen LogP contribution in [0.1, 0.15) is 56.5 Å². The molecule has 0 aliphatic heterocycles. The second kappa shape index (κ2) is 5.99. The number of nitrogens with one attached hydrogen (secondary N) is 2. The molecule has 0 spiro atoms. The van der Waals surface area contributed by atoms with Gasteiger partial charge in [0, 0.05) is 11.8 Å². The summed E-state index contributed by atoms with van der Waals surface area (Å²) >= 11 is 1.58. The van der Waals surface area contributed by atoms with Gasteiger partial charge in [-0.1, -0.05) is 6.92 Å². The largest absolute Gasteiger partial charge is 0.342 e. The van der Waals surface area contributed by atoms with Gasteiger partial charge in [-0.05, 0) is 50.9 Å². The normalized spacial score (nSPS) is 27.3. The van der Waals surface area contributed by atoms with Gasteiger partial charge in [-0.2, -0.15) is 0 Å². The van der Waals surface area contributed by atoms with Crippen molar-refractivity contribution in [2.75, 3.05) is 5.32 Å². The lowest BCUT2D eigenvalue weighted by atomic mass is 9.76. The van der Waals surface area contributed by atoms with Crippen LogP contribution in [0.5, 0.6) is 0 Å². The Kier molecular flexibility index (Phi) is 4.21. The van der Waals surface area contributed by atoms with E-state index in [1.165, 1.54) is 11.8 Å². The number of fused-ring (bicyclic) bond motifs is 1. The SMILES string of the molecule is CC(=O)NC1(C(=O)Nc2nc3c(s2)CCC3)CCC(C)CC1. The van der Waals surface area contributed by atoms with Crippen molar-refractivity contribution in [1.82, 2.24) is 10.3 Å². The Bertz CT molecular complexity index is 567. The van der Waals surface area contributed by atoms with Gasteiger partial charge in [0.15, 0.2) is 5.13 Å². The Hall–Kier alpha value is -1.43. The Morgan fingerprint density at radius 3 is 2.64 bits per heavy atom. The molecule has 2 N–H and O–H groups in total. The summed E-state index contributed by atoms with van der Waals surface area (Å²) in [5.41, 5.74) is 0.361. The molecule has 0 bridgehead atoms. The van der Waals surface area contributed by atoms with Crippen LogP contribution >= 0.6 is 11.3 Å². The molecular formula is C16H23N3O2S. The van der Waals surface area contributed by atoms with Crippen LogP contribution in [0.15, 0.2) is 0 Å². The minimum atomic E-state index is -0.769. The molecule has 2 aliphatic carbocycles. The smallest absolute Gasteiger partial charge is 0.251 e. The second-order valence-corrected chi connectivity index (χ2v) is 7.73.